The van der Waals surface area contributed by atoms with E-state index in [9.17, 15) is 20.1 Å². The van der Waals surface area contributed by atoms with E-state index in [0.29, 0.717) is 5.92 Å². The molecule has 0 aromatic rings. The van der Waals surface area contributed by atoms with Crippen molar-refractivity contribution in [3.05, 3.63) is 0 Å². The van der Waals surface area contributed by atoms with Crippen molar-refractivity contribution < 1.29 is 24.9 Å². The number of nitrogens with one attached hydrogen (secondary N) is 2. The maximum Gasteiger partial charge on any atom is 0.237 e. The average molecular weight is 523 g/mol. The van der Waals surface area contributed by atoms with Crippen LogP contribution in [0.4, 0.5) is 0 Å². The minimum Gasteiger partial charge on any atom is -0.388 e. The summed E-state index contributed by atoms with van der Waals surface area (Å²) in [5.41, 5.74) is -0.707. The standard InChI is InChI=1S/C25H47ClN2O5S/c1-4-5-6-7-8-9-10-11-17-12-13-18(27-15-14-17)24(32)28-19(16(2)26)23-21(30)20(29)22(31)25(33-23)34-3/h16-23,25,27,29-31H,4-15H2,1-3H3,(H,28,32)/t16-,17-,18-,19?,20?,21?,22+,23+,25?/m0/s1. The predicted octanol–water partition coefficient (Wildman–Crippen LogP) is 3.17. The van der Waals surface area contributed by atoms with Crippen LogP contribution in [0, 0.1) is 5.92 Å². The molecule has 2 rings (SSSR count). The van der Waals surface area contributed by atoms with Crippen molar-refractivity contribution >= 4 is 29.3 Å². The molecular formula is C25H47ClN2O5S. The predicted molar refractivity (Wildman–Crippen MR) is 139 cm³/mol. The summed E-state index contributed by atoms with van der Waals surface area (Å²) in [5.74, 6) is 0.484. The van der Waals surface area contributed by atoms with E-state index in [1.165, 1.54) is 63.1 Å². The number of aliphatic hydroxyl groups is 3. The van der Waals surface area contributed by atoms with Gasteiger partial charge in [-0.1, -0.05) is 58.3 Å². The fraction of sp³-hybridized carbons (Fsp3) is 0.960. The van der Waals surface area contributed by atoms with Crippen molar-refractivity contribution in [2.45, 2.75) is 132 Å². The molecule has 1 amide bonds. The monoisotopic (exact) mass is 522 g/mol. The van der Waals surface area contributed by atoms with Gasteiger partial charge in [0.15, 0.2) is 0 Å². The van der Waals surface area contributed by atoms with Gasteiger partial charge in [-0.2, -0.15) is 0 Å². The molecule has 0 radical (unpaired) electrons. The number of ether oxygens (including phenoxy) is 1. The van der Waals surface area contributed by atoms with Crippen molar-refractivity contribution in [3.63, 3.8) is 0 Å². The number of amides is 1. The maximum atomic E-state index is 13.1. The van der Waals surface area contributed by atoms with Gasteiger partial charge in [-0.3, -0.25) is 4.79 Å². The zero-order chi connectivity index (χ0) is 25.1. The first-order chi connectivity index (χ1) is 16.3. The Morgan fingerprint density at radius 2 is 1.74 bits per heavy atom. The van der Waals surface area contributed by atoms with Crippen LogP contribution in [0.2, 0.25) is 0 Å². The largest absolute Gasteiger partial charge is 0.388 e. The number of thioether (sulfide) groups is 1. The molecule has 2 heterocycles. The molecule has 2 fully saturated rings. The molecule has 0 aliphatic carbocycles. The number of halogens is 1. The lowest BCUT2D eigenvalue weighted by atomic mass is 9.92. The Kier molecular flexibility index (Phi) is 14.1. The summed E-state index contributed by atoms with van der Waals surface area (Å²) in [4.78, 5) is 13.1. The highest BCUT2D eigenvalue weighted by Gasteiger charge is 2.48. The number of carbonyl (C=O) groups excluding carboxylic acids is 1. The highest BCUT2D eigenvalue weighted by atomic mass is 35.5. The van der Waals surface area contributed by atoms with Crippen LogP contribution in [-0.4, -0.2) is 81.3 Å². The first-order valence-corrected chi connectivity index (χ1v) is 14.9. The number of rotatable bonds is 13. The minimum atomic E-state index is -1.37. The quantitative estimate of drug-likeness (QED) is 0.186. The molecule has 0 bridgehead atoms. The summed E-state index contributed by atoms with van der Waals surface area (Å²) in [7, 11) is 0. The molecular weight excluding hydrogens is 476 g/mol. The van der Waals surface area contributed by atoms with Crippen molar-refractivity contribution in [2.24, 2.45) is 5.92 Å². The molecule has 0 saturated carbocycles. The van der Waals surface area contributed by atoms with E-state index in [1.807, 2.05) is 0 Å². The molecule has 0 aromatic heterocycles. The van der Waals surface area contributed by atoms with Gasteiger partial charge in [-0.25, -0.2) is 0 Å². The molecule has 5 N–H and O–H groups in total. The van der Waals surface area contributed by atoms with Crippen molar-refractivity contribution in [2.75, 3.05) is 12.8 Å². The Morgan fingerprint density at radius 1 is 1.06 bits per heavy atom. The van der Waals surface area contributed by atoms with Gasteiger partial charge in [0.2, 0.25) is 5.91 Å². The Morgan fingerprint density at radius 3 is 2.38 bits per heavy atom. The van der Waals surface area contributed by atoms with Gasteiger partial charge in [0.25, 0.3) is 0 Å². The highest BCUT2D eigenvalue weighted by molar-refractivity contribution is 7.99. The fourth-order valence-corrected chi connectivity index (χ4v) is 5.99. The summed E-state index contributed by atoms with van der Waals surface area (Å²) in [6.07, 6.45) is 10.2. The average Bonchev–Trinajstić information content (AvgIpc) is 3.06. The van der Waals surface area contributed by atoms with E-state index in [-0.39, 0.29) is 11.9 Å². The molecule has 9 atom stereocenters. The van der Waals surface area contributed by atoms with Crippen LogP contribution in [0.15, 0.2) is 0 Å². The molecule has 2 saturated heterocycles. The summed E-state index contributed by atoms with van der Waals surface area (Å²) in [6, 6.07) is -1.01. The first-order valence-electron chi connectivity index (χ1n) is 13.2. The number of hydrogen-bond donors (Lipinski definition) is 5. The zero-order valence-corrected chi connectivity index (χ0v) is 22.7. The Balaban J connectivity index is 1.84. The van der Waals surface area contributed by atoms with Crippen LogP contribution in [0.5, 0.6) is 0 Å². The summed E-state index contributed by atoms with van der Waals surface area (Å²) in [5, 5.41) is 36.7. The molecule has 0 spiro atoms. The summed E-state index contributed by atoms with van der Waals surface area (Å²) in [6.45, 7) is 4.78. The molecule has 7 nitrogen and oxygen atoms in total. The number of unbranched alkanes of at least 4 members (excludes halogenated alkanes) is 6. The van der Waals surface area contributed by atoms with Gasteiger partial charge < -0.3 is 30.7 Å². The van der Waals surface area contributed by atoms with Crippen LogP contribution in [0.25, 0.3) is 0 Å². The number of aliphatic hydroxyl groups excluding tert-OH is 3. The van der Waals surface area contributed by atoms with E-state index in [1.54, 1.807) is 13.2 Å². The lowest BCUT2D eigenvalue weighted by molar-refractivity contribution is -0.205. The van der Waals surface area contributed by atoms with Gasteiger partial charge in [0.05, 0.1) is 17.5 Å². The maximum absolute atomic E-state index is 13.1. The first kappa shape index (κ1) is 30.1. The second-order valence-electron chi connectivity index (χ2n) is 10.0. The van der Waals surface area contributed by atoms with Gasteiger partial charge >= 0.3 is 0 Å². The van der Waals surface area contributed by atoms with Crippen LogP contribution in [0.3, 0.4) is 0 Å². The summed E-state index contributed by atoms with van der Waals surface area (Å²) < 4.78 is 5.85. The molecule has 0 aromatic carbocycles. The lowest BCUT2D eigenvalue weighted by Crippen LogP contribution is -2.65. The van der Waals surface area contributed by atoms with Crippen molar-refractivity contribution in [1.82, 2.24) is 10.6 Å². The van der Waals surface area contributed by atoms with E-state index in [0.717, 1.165) is 25.8 Å². The molecule has 2 aliphatic heterocycles. The molecule has 2 aliphatic rings. The second kappa shape index (κ2) is 15.9. The van der Waals surface area contributed by atoms with Gasteiger partial charge in [0.1, 0.15) is 29.9 Å². The third kappa shape index (κ3) is 9.09. The van der Waals surface area contributed by atoms with E-state index in [4.69, 9.17) is 16.3 Å². The van der Waals surface area contributed by atoms with Gasteiger partial charge in [-0.15, -0.1) is 23.4 Å². The van der Waals surface area contributed by atoms with Gasteiger partial charge in [-0.05, 0) is 44.9 Å². The topological polar surface area (TPSA) is 111 Å². The molecule has 4 unspecified atom stereocenters. The molecule has 200 valence electrons. The Bertz CT molecular complexity index is 586. The molecule has 34 heavy (non-hydrogen) atoms. The van der Waals surface area contributed by atoms with Gasteiger partial charge in [0, 0.05) is 0 Å². The highest BCUT2D eigenvalue weighted by Crippen LogP contribution is 2.30. The van der Waals surface area contributed by atoms with E-state index < -0.39 is 41.3 Å². The number of hydrogen-bond acceptors (Lipinski definition) is 7. The Labute approximate surface area is 215 Å². The SMILES string of the molecule is CCCCCCCCC[C@@H]1CCN[C@H](C(=O)NC([C@H]2OC(SC)[C@H](O)C(O)C2O)[C@H](C)Cl)CC1. The second-order valence-corrected chi connectivity index (χ2v) is 11.7. The van der Waals surface area contributed by atoms with Crippen molar-refractivity contribution in [1.29, 1.82) is 0 Å². The van der Waals surface area contributed by atoms with Crippen LogP contribution < -0.4 is 10.6 Å². The van der Waals surface area contributed by atoms with E-state index in [2.05, 4.69) is 17.6 Å². The Hall–Kier alpha value is -0.0900. The zero-order valence-electron chi connectivity index (χ0n) is 21.1. The number of alkyl halides is 1. The summed E-state index contributed by atoms with van der Waals surface area (Å²) >= 11 is 7.63. The normalized spacial score (nSPS) is 34.3. The molecule has 9 heteroatoms. The van der Waals surface area contributed by atoms with Crippen LogP contribution in [0.1, 0.15) is 84.5 Å². The third-order valence-corrected chi connectivity index (χ3v) is 8.46. The van der Waals surface area contributed by atoms with Crippen LogP contribution in [-0.2, 0) is 9.53 Å². The van der Waals surface area contributed by atoms with E-state index >= 15 is 0 Å². The third-order valence-electron chi connectivity index (χ3n) is 7.34. The number of carbonyl (C=O) groups is 1. The lowest BCUT2D eigenvalue weighted by Gasteiger charge is -2.44. The van der Waals surface area contributed by atoms with Crippen molar-refractivity contribution in [3.8, 4) is 0 Å². The smallest absolute Gasteiger partial charge is 0.237 e. The minimum absolute atomic E-state index is 0.161. The van der Waals surface area contributed by atoms with Crippen LogP contribution >= 0.6 is 23.4 Å². The fourth-order valence-electron chi connectivity index (χ4n) is 5.10.